The Morgan fingerprint density at radius 2 is 2.23 bits per heavy atom. The van der Waals surface area contributed by atoms with Gasteiger partial charge in [-0.3, -0.25) is 9.59 Å². The van der Waals surface area contributed by atoms with Crippen LogP contribution in [0.3, 0.4) is 0 Å². The Kier molecular flexibility index (Phi) is 3.03. The first kappa shape index (κ1) is 9.74. The molecule has 0 fully saturated rings. The highest BCUT2D eigenvalue weighted by Crippen LogP contribution is 2.20. The number of carbonyl (C=O) groups is 2. The number of ketones is 1. The molecule has 4 heteroatoms. The molecule has 13 heavy (non-hydrogen) atoms. The number of benzene rings is 1. The molecule has 0 aromatic heterocycles. The van der Waals surface area contributed by atoms with Crippen molar-refractivity contribution in [2.45, 2.75) is 6.92 Å². The summed E-state index contributed by atoms with van der Waals surface area (Å²) in [7, 11) is 0. The Bertz CT molecular complexity index is 349. The maximum Gasteiger partial charge on any atom is 0.211 e. The molecule has 1 N–H and O–H groups in total. The standard InChI is InChI=1S/C9H8ClNO2/c1-6(13)8-4-7(10)2-3-9(8)11-5-12/h2-5H,1H3,(H,11,12). The van der Waals surface area contributed by atoms with E-state index in [1.165, 1.54) is 13.0 Å². The fourth-order valence-corrected chi connectivity index (χ4v) is 1.17. The van der Waals surface area contributed by atoms with Crippen LogP contribution in [0.5, 0.6) is 0 Å². The van der Waals surface area contributed by atoms with Gasteiger partial charge in [-0.05, 0) is 25.1 Å². The van der Waals surface area contributed by atoms with Gasteiger partial charge in [-0.25, -0.2) is 0 Å². The molecule has 0 aliphatic rings. The Balaban J connectivity index is 3.17. The first-order valence-corrected chi connectivity index (χ1v) is 4.03. The number of Topliss-reactive ketones (excluding diaryl/α,β-unsaturated/α-hetero) is 1. The van der Waals surface area contributed by atoms with E-state index < -0.39 is 0 Å². The zero-order chi connectivity index (χ0) is 9.84. The number of nitrogens with one attached hydrogen (secondary N) is 1. The summed E-state index contributed by atoms with van der Waals surface area (Å²) in [6.07, 6.45) is 0.523. The summed E-state index contributed by atoms with van der Waals surface area (Å²) in [5.41, 5.74) is 0.895. The van der Waals surface area contributed by atoms with Crippen LogP contribution in [0.1, 0.15) is 17.3 Å². The van der Waals surface area contributed by atoms with Crippen LogP contribution in [-0.4, -0.2) is 12.2 Å². The minimum Gasteiger partial charge on any atom is -0.328 e. The summed E-state index contributed by atoms with van der Waals surface area (Å²) >= 11 is 5.69. The second-order valence-electron chi connectivity index (χ2n) is 2.51. The summed E-state index contributed by atoms with van der Waals surface area (Å²) in [6, 6.07) is 4.73. The topological polar surface area (TPSA) is 46.2 Å². The van der Waals surface area contributed by atoms with Gasteiger partial charge in [0.2, 0.25) is 6.41 Å². The van der Waals surface area contributed by atoms with Crippen molar-refractivity contribution in [3.05, 3.63) is 28.8 Å². The Labute approximate surface area is 80.7 Å². The molecule has 1 aromatic carbocycles. The van der Waals surface area contributed by atoms with Crippen LogP contribution in [0.2, 0.25) is 5.02 Å². The summed E-state index contributed by atoms with van der Waals surface area (Å²) in [6.45, 7) is 1.42. The third kappa shape index (κ3) is 2.29. The molecule has 1 rings (SSSR count). The first-order chi connectivity index (χ1) is 6.15. The Hall–Kier alpha value is -1.35. The zero-order valence-electron chi connectivity index (χ0n) is 7.00. The lowest BCUT2D eigenvalue weighted by molar-refractivity contribution is -0.105. The maximum atomic E-state index is 11.1. The molecule has 0 radical (unpaired) electrons. The average Bonchev–Trinajstić information content (AvgIpc) is 2.08. The van der Waals surface area contributed by atoms with E-state index in [0.29, 0.717) is 22.7 Å². The van der Waals surface area contributed by atoms with E-state index in [0.717, 1.165) is 0 Å². The van der Waals surface area contributed by atoms with Gasteiger partial charge in [-0.2, -0.15) is 0 Å². The van der Waals surface area contributed by atoms with E-state index in [2.05, 4.69) is 5.32 Å². The van der Waals surface area contributed by atoms with Crippen molar-refractivity contribution in [2.75, 3.05) is 5.32 Å². The average molecular weight is 198 g/mol. The molecule has 1 aromatic rings. The summed E-state index contributed by atoms with van der Waals surface area (Å²) in [5, 5.41) is 2.90. The van der Waals surface area contributed by atoms with Crippen LogP contribution in [0, 0.1) is 0 Å². The van der Waals surface area contributed by atoms with Crippen molar-refractivity contribution in [1.82, 2.24) is 0 Å². The van der Waals surface area contributed by atoms with Crippen LogP contribution < -0.4 is 5.32 Å². The van der Waals surface area contributed by atoms with Crippen molar-refractivity contribution >= 4 is 29.5 Å². The van der Waals surface area contributed by atoms with Crippen molar-refractivity contribution in [3.63, 3.8) is 0 Å². The molecule has 3 nitrogen and oxygen atoms in total. The van der Waals surface area contributed by atoms with E-state index in [1.54, 1.807) is 12.1 Å². The number of anilines is 1. The lowest BCUT2D eigenvalue weighted by Crippen LogP contribution is -2.02. The minimum absolute atomic E-state index is 0.133. The highest BCUT2D eigenvalue weighted by atomic mass is 35.5. The lowest BCUT2D eigenvalue weighted by atomic mass is 10.1. The maximum absolute atomic E-state index is 11.1. The van der Waals surface area contributed by atoms with Gasteiger partial charge in [0, 0.05) is 10.6 Å². The van der Waals surface area contributed by atoms with Gasteiger partial charge in [-0.15, -0.1) is 0 Å². The van der Waals surface area contributed by atoms with Crippen molar-refractivity contribution < 1.29 is 9.59 Å². The van der Waals surface area contributed by atoms with Gasteiger partial charge in [0.05, 0.1) is 5.69 Å². The quantitative estimate of drug-likeness (QED) is 0.596. The van der Waals surface area contributed by atoms with Gasteiger partial charge in [-0.1, -0.05) is 11.6 Å². The summed E-state index contributed by atoms with van der Waals surface area (Å²) < 4.78 is 0. The Morgan fingerprint density at radius 3 is 2.77 bits per heavy atom. The first-order valence-electron chi connectivity index (χ1n) is 3.66. The SMILES string of the molecule is CC(=O)c1cc(Cl)ccc1NC=O. The van der Waals surface area contributed by atoms with Gasteiger partial charge in [0.1, 0.15) is 0 Å². The fraction of sp³-hybridized carbons (Fsp3) is 0.111. The molecule has 0 bridgehead atoms. The number of halogens is 1. The summed E-state index contributed by atoms with van der Waals surface area (Å²) in [5.74, 6) is -0.133. The predicted molar refractivity (Wildman–Crippen MR) is 51.1 cm³/mol. The summed E-state index contributed by atoms with van der Waals surface area (Å²) in [4.78, 5) is 21.3. The molecule has 0 aliphatic carbocycles. The number of amides is 1. The van der Waals surface area contributed by atoms with Crippen molar-refractivity contribution in [2.24, 2.45) is 0 Å². The number of hydrogen-bond acceptors (Lipinski definition) is 2. The molecule has 0 aliphatic heterocycles. The van der Waals surface area contributed by atoms with Crippen LogP contribution >= 0.6 is 11.6 Å². The largest absolute Gasteiger partial charge is 0.328 e. The molecule has 0 atom stereocenters. The zero-order valence-corrected chi connectivity index (χ0v) is 7.76. The van der Waals surface area contributed by atoms with E-state index >= 15 is 0 Å². The second-order valence-corrected chi connectivity index (χ2v) is 2.94. The van der Waals surface area contributed by atoms with Gasteiger partial charge >= 0.3 is 0 Å². The molecule has 0 unspecified atom stereocenters. The molecule has 0 saturated heterocycles. The third-order valence-electron chi connectivity index (χ3n) is 1.58. The Morgan fingerprint density at radius 1 is 1.54 bits per heavy atom. The van der Waals surface area contributed by atoms with Gasteiger partial charge < -0.3 is 5.32 Å². The number of hydrogen-bond donors (Lipinski definition) is 1. The van der Waals surface area contributed by atoms with Crippen molar-refractivity contribution in [1.29, 1.82) is 0 Å². The molecule has 1 amide bonds. The fourth-order valence-electron chi connectivity index (χ4n) is 0.997. The molecule has 0 saturated carbocycles. The van der Waals surface area contributed by atoms with E-state index in [-0.39, 0.29) is 5.78 Å². The van der Waals surface area contributed by atoms with Gasteiger partial charge in [0.25, 0.3) is 0 Å². The van der Waals surface area contributed by atoms with Crippen LogP contribution in [0.25, 0.3) is 0 Å². The van der Waals surface area contributed by atoms with E-state index in [1.807, 2.05) is 0 Å². The molecule has 0 spiro atoms. The monoisotopic (exact) mass is 197 g/mol. The second kappa shape index (κ2) is 4.05. The molecular weight excluding hydrogens is 190 g/mol. The number of carbonyl (C=O) groups excluding carboxylic acids is 2. The number of rotatable bonds is 3. The lowest BCUT2D eigenvalue weighted by Gasteiger charge is -2.04. The minimum atomic E-state index is -0.133. The predicted octanol–water partition coefficient (Wildman–Crippen LogP) is 2.11. The van der Waals surface area contributed by atoms with Crippen molar-refractivity contribution in [3.8, 4) is 0 Å². The molecule has 0 heterocycles. The highest BCUT2D eigenvalue weighted by molar-refractivity contribution is 6.31. The van der Waals surface area contributed by atoms with Crippen LogP contribution in [0.4, 0.5) is 5.69 Å². The molecule has 68 valence electrons. The van der Waals surface area contributed by atoms with Gasteiger partial charge in [0.15, 0.2) is 5.78 Å². The van der Waals surface area contributed by atoms with Crippen LogP contribution in [0.15, 0.2) is 18.2 Å². The molecular formula is C9H8ClNO2. The van der Waals surface area contributed by atoms with E-state index in [9.17, 15) is 9.59 Å². The van der Waals surface area contributed by atoms with Crippen LogP contribution in [-0.2, 0) is 4.79 Å². The smallest absolute Gasteiger partial charge is 0.211 e. The highest BCUT2D eigenvalue weighted by Gasteiger charge is 2.06. The normalized spacial score (nSPS) is 9.38. The third-order valence-corrected chi connectivity index (χ3v) is 1.81. The van der Waals surface area contributed by atoms with E-state index in [4.69, 9.17) is 11.6 Å².